The highest BCUT2D eigenvalue weighted by Gasteiger charge is 2.37. The Hall–Kier alpha value is -13.3. The normalized spacial score (nSPS) is 12.0. The van der Waals surface area contributed by atoms with Crippen LogP contribution in [0.4, 0.5) is 4.39 Å². The summed E-state index contributed by atoms with van der Waals surface area (Å²) < 4.78 is 33.4. The Morgan fingerprint density at radius 3 is 0.604 bits per heavy atom. The van der Waals surface area contributed by atoms with Crippen LogP contribution in [0.1, 0.15) is 0 Å². The lowest BCUT2D eigenvalue weighted by molar-refractivity contribution is 0.611. The van der Waals surface area contributed by atoms with Crippen LogP contribution in [0.15, 0.2) is 292 Å². The molecule has 0 atom stereocenters. The third kappa shape index (κ3) is 7.77. The van der Waals surface area contributed by atoms with Crippen molar-refractivity contribution in [3.05, 3.63) is 298 Å². The second-order valence-electron chi connectivity index (χ2n) is 24.1. The van der Waals surface area contributed by atoms with Crippen molar-refractivity contribution in [3.63, 3.8) is 0 Å². The molecule has 0 unspecified atom stereocenters. The number of fused-ring (bicyclic) bond motifs is 15. The maximum Gasteiger partial charge on any atom is 0.175 e. The maximum absolute atomic E-state index is 22.1. The Morgan fingerprint density at radius 2 is 0.375 bits per heavy atom. The third-order valence-electron chi connectivity index (χ3n) is 19.0. The Balaban J connectivity index is 1.09. The average molecular weight is 1230 g/mol. The van der Waals surface area contributed by atoms with Gasteiger partial charge in [0.25, 0.3) is 0 Å². The van der Waals surface area contributed by atoms with Crippen LogP contribution in [0.5, 0.6) is 0 Å². The van der Waals surface area contributed by atoms with Gasteiger partial charge in [0.15, 0.2) is 29.1 Å². The molecule has 0 aliphatic rings. The molecule has 96 heavy (non-hydrogen) atoms. The first-order valence-corrected chi connectivity index (χ1v) is 31.7. The highest BCUT2D eigenvalue weighted by molar-refractivity contribution is 6.18. The van der Waals surface area contributed by atoms with Gasteiger partial charge in [-0.2, -0.15) is 0 Å². The number of benzene rings is 11. The molecule has 0 aliphatic heterocycles. The summed E-state index contributed by atoms with van der Waals surface area (Å²) >= 11 is 0. The van der Waals surface area contributed by atoms with Crippen molar-refractivity contribution in [1.82, 2.24) is 62.7 Å². The predicted octanol–water partition coefficient (Wildman–Crippen LogP) is 19.1. The van der Waals surface area contributed by atoms with Gasteiger partial charge in [0.05, 0.1) is 60.9 Å². The van der Waals surface area contributed by atoms with Crippen molar-refractivity contribution in [1.29, 1.82) is 0 Å². The Bertz CT molecular complexity index is 5900. The number of aromatic nitrogens is 13. The molecule has 11 aromatic carbocycles. The molecule has 0 radical (unpaired) electrons. The standard InChI is InChI=1S/C82H48FN13/c83-73-74(92-63-23-7-1-17-53(63)54-18-2-8-24-64(54)92)76(95-69-33-29-49(79-84-37-13-38-85-79)45-59(69)60-46-50(30-34-70(60)95)80-86-39-14-40-87-80)78(94-67-27-11-5-21-57(67)58-22-6-12-28-68(58)94)77(75(73)93-65-25-9-3-19-55(65)56-20-4-10-26-66(56)93)96-71-35-31-51(81-88-41-15-42-89-81)47-61(71)62-48-52(32-36-72(62)96)82-90-43-16-44-91-82/h1-48H. The lowest BCUT2D eigenvalue weighted by Gasteiger charge is -2.29. The van der Waals surface area contributed by atoms with Gasteiger partial charge in [-0.15, -0.1) is 0 Å². The van der Waals surface area contributed by atoms with E-state index in [0.29, 0.717) is 51.7 Å². The zero-order chi connectivity index (χ0) is 63.1. The number of hydrogen-bond acceptors (Lipinski definition) is 8. The van der Waals surface area contributed by atoms with Crippen LogP contribution in [-0.2, 0) is 0 Å². The summed E-state index contributed by atoms with van der Waals surface area (Å²) in [5.41, 5.74) is 14.0. The Labute approximate surface area is 545 Å². The zero-order valence-corrected chi connectivity index (χ0v) is 50.9. The summed E-state index contributed by atoms with van der Waals surface area (Å²) in [6.45, 7) is 0. The van der Waals surface area contributed by atoms with Gasteiger partial charge in [0, 0.05) is 126 Å². The van der Waals surface area contributed by atoms with Gasteiger partial charge in [0.2, 0.25) is 0 Å². The first-order valence-electron chi connectivity index (χ1n) is 31.7. The van der Waals surface area contributed by atoms with Crippen LogP contribution in [-0.4, -0.2) is 62.7 Å². The van der Waals surface area contributed by atoms with Gasteiger partial charge in [-0.25, -0.2) is 44.3 Å². The SMILES string of the molecule is Fc1c(-n2c3ccccc3c3ccccc32)c(-n2c3ccc(-c4ncccn4)cc3c3cc(-c4ncccn4)ccc32)c(-n2c3ccccc3c3ccccc32)c(-n2c3ccc(-c4ncccn4)cc3c3cc(-c4ncccn4)ccc32)c1-n1c2ccccc2c2ccccc21. The van der Waals surface area contributed by atoms with Gasteiger partial charge in [-0.1, -0.05) is 109 Å². The lowest BCUT2D eigenvalue weighted by atomic mass is 10.1. The van der Waals surface area contributed by atoms with Gasteiger partial charge in [-0.05, 0) is 133 Å². The molecule has 14 heteroatoms. The van der Waals surface area contributed by atoms with E-state index in [1.165, 1.54) is 0 Å². The number of halogens is 1. The minimum absolute atomic E-state index is 0.322. The lowest BCUT2D eigenvalue weighted by Crippen LogP contribution is -2.19. The number of para-hydroxylation sites is 6. The maximum atomic E-state index is 22.1. The predicted molar refractivity (Wildman–Crippen MR) is 382 cm³/mol. The molecule has 0 spiro atoms. The largest absolute Gasteiger partial charge is 0.305 e. The van der Waals surface area contributed by atoms with E-state index in [2.05, 4.69) is 217 Å². The molecule has 0 bridgehead atoms. The average Bonchev–Trinajstić information content (AvgIpc) is 1.46. The van der Waals surface area contributed by atoms with Crippen molar-refractivity contribution in [2.75, 3.05) is 0 Å². The van der Waals surface area contributed by atoms with E-state index in [9.17, 15) is 0 Å². The van der Waals surface area contributed by atoms with Crippen LogP contribution in [0.25, 0.3) is 183 Å². The molecule has 0 fully saturated rings. The molecule has 448 valence electrons. The van der Waals surface area contributed by atoms with Crippen molar-refractivity contribution >= 4 is 109 Å². The number of hydrogen-bond donors (Lipinski definition) is 0. The molecule has 9 heterocycles. The minimum atomic E-state index is -0.472. The summed E-state index contributed by atoms with van der Waals surface area (Å²) in [6, 6.07) is 83.5. The van der Waals surface area contributed by atoms with Crippen molar-refractivity contribution < 1.29 is 4.39 Å². The Kier molecular flexibility index (Phi) is 11.6. The monoisotopic (exact) mass is 1230 g/mol. The van der Waals surface area contributed by atoms with E-state index < -0.39 is 5.82 Å². The molecule has 9 aromatic heterocycles. The molecular weight excluding hydrogens is 1190 g/mol. The molecular formula is C82H48FN13. The smallest absolute Gasteiger partial charge is 0.175 e. The van der Waals surface area contributed by atoms with E-state index in [1.807, 2.05) is 48.5 Å². The highest BCUT2D eigenvalue weighted by atomic mass is 19.1. The minimum Gasteiger partial charge on any atom is -0.305 e. The fourth-order valence-corrected chi connectivity index (χ4v) is 15.1. The summed E-state index contributed by atoms with van der Waals surface area (Å²) in [6.07, 6.45) is 14.1. The summed E-state index contributed by atoms with van der Waals surface area (Å²) in [5, 5.41) is 9.46. The van der Waals surface area contributed by atoms with E-state index in [0.717, 1.165) is 131 Å². The first-order chi connectivity index (χ1) is 47.6. The van der Waals surface area contributed by atoms with E-state index >= 15 is 4.39 Å². The van der Waals surface area contributed by atoms with Gasteiger partial charge >= 0.3 is 0 Å². The number of rotatable bonds is 9. The molecule has 20 rings (SSSR count). The topological polar surface area (TPSA) is 128 Å². The van der Waals surface area contributed by atoms with Crippen LogP contribution in [0.2, 0.25) is 0 Å². The van der Waals surface area contributed by atoms with Crippen LogP contribution in [0, 0.1) is 5.82 Å². The van der Waals surface area contributed by atoms with Gasteiger partial charge in [-0.3, -0.25) is 0 Å². The molecule has 13 nitrogen and oxygen atoms in total. The van der Waals surface area contributed by atoms with Crippen molar-refractivity contribution in [3.8, 4) is 74.0 Å². The summed E-state index contributed by atoms with van der Waals surface area (Å²) in [5.74, 6) is 1.80. The second kappa shape index (κ2) is 20.8. The fraction of sp³-hybridized carbons (Fsp3) is 0. The molecule has 0 aliphatic carbocycles. The van der Waals surface area contributed by atoms with Gasteiger partial charge in [0.1, 0.15) is 22.7 Å². The molecule has 20 aromatic rings. The number of nitrogens with zero attached hydrogens (tertiary/aromatic N) is 13. The van der Waals surface area contributed by atoms with E-state index in [4.69, 9.17) is 39.9 Å². The molecule has 0 saturated carbocycles. The first kappa shape index (κ1) is 53.3. The van der Waals surface area contributed by atoms with Crippen LogP contribution >= 0.6 is 0 Å². The van der Waals surface area contributed by atoms with E-state index in [1.54, 1.807) is 49.6 Å². The molecule has 0 saturated heterocycles. The summed E-state index contributed by atoms with van der Waals surface area (Å²) in [7, 11) is 0. The van der Waals surface area contributed by atoms with E-state index in [-0.39, 0.29) is 0 Å². The summed E-state index contributed by atoms with van der Waals surface area (Å²) in [4.78, 5) is 38.3. The fourth-order valence-electron chi connectivity index (χ4n) is 15.1. The molecule has 0 N–H and O–H groups in total. The quantitative estimate of drug-likeness (QED) is 0.140. The second-order valence-corrected chi connectivity index (χ2v) is 24.1. The third-order valence-corrected chi connectivity index (χ3v) is 19.0. The van der Waals surface area contributed by atoms with Crippen molar-refractivity contribution in [2.24, 2.45) is 0 Å². The van der Waals surface area contributed by atoms with Crippen LogP contribution in [0.3, 0.4) is 0 Å². The Morgan fingerprint density at radius 1 is 0.188 bits per heavy atom. The highest BCUT2D eigenvalue weighted by Crippen LogP contribution is 2.52. The molecule has 0 amide bonds. The van der Waals surface area contributed by atoms with Gasteiger partial charge < -0.3 is 22.8 Å². The van der Waals surface area contributed by atoms with Crippen molar-refractivity contribution in [2.45, 2.75) is 0 Å². The zero-order valence-electron chi connectivity index (χ0n) is 50.9. The van der Waals surface area contributed by atoms with Crippen LogP contribution < -0.4 is 0 Å².